The van der Waals surface area contributed by atoms with E-state index in [1.165, 1.54) is 7.11 Å². The van der Waals surface area contributed by atoms with Gasteiger partial charge in [0.2, 0.25) is 0 Å². The average Bonchev–Trinajstić information content (AvgIpc) is 2.67. The van der Waals surface area contributed by atoms with Gasteiger partial charge in [0.05, 0.1) is 5.69 Å². The SMILES string of the molecule is COP1(=O)Oc2ccccc2-c2nn(C)c(C)c21. The van der Waals surface area contributed by atoms with Crippen molar-refractivity contribution in [2.24, 2.45) is 7.05 Å². The van der Waals surface area contributed by atoms with Gasteiger partial charge in [-0.25, -0.2) is 4.57 Å². The molecule has 2 heterocycles. The summed E-state index contributed by atoms with van der Waals surface area (Å²) in [6.07, 6.45) is 0. The second kappa shape index (κ2) is 3.70. The first-order valence-electron chi connectivity index (χ1n) is 5.56. The van der Waals surface area contributed by atoms with Crippen molar-refractivity contribution in [1.82, 2.24) is 9.78 Å². The second-order valence-corrected chi connectivity index (χ2v) is 6.16. The topological polar surface area (TPSA) is 53.4 Å². The van der Waals surface area contributed by atoms with E-state index in [1.807, 2.05) is 32.2 Å². The van der Waals surface area contributed by atoms with Crippen molar-refractivity contribution in [3.05, 3.63) is 30.0 Å². The van der Waals surface area contributed by atoms with E-state index in [2.05, 4.69) is 5.10 Å². The number of rotatable bonds is 1. The summed E-state index contributed by atoms with van der Waals surface area (Å²) in [6.45, 7) is 1.86. The van der Waals surface area contributed by atoms with Crippen molar-refractivity contribution in [3.63, 3.8) is 0 Å². The van der Waals surface area contributed by atoms with Crippen LogP contribution in [0.2, 0.25) is 0 Å². The van der Waals surface area contributed by atoms with Gasteiger partial charge >= 0.3 is 7.60 Å². The third-order valence-corrected chi connectivity index (χ3v) is 5.18. The largest absolute Gasteiger partial charge is 0.420 e. The molecule has 0 aliphatic carbocycles. The van der Waals surface area contributed by atoms with Crippen LogP contribution in [0.5, 0.6) is 5.75 Å². The smallest absolute Gasteiger partial charge is 0.414 e. The molecule has 1 aromatic carbocycles. The Balaban J connectivity index is 2.39. The number of aromatic nitrogens is 2. The van der Waals surface area contributed by atoms with Crippen LogP contribution in [0.4, 0.5) is 0 Å². The van der Waals surface area contributed by atoms with Gasteiger partial charge in [-0.3, -0.25) is 9.21 Å². The highest BCUT2D eigenvalue weighted by atomic mass is 31.2. The van der Waals surface area contributed by atoms with E-state index in [4.69, 9.17) is 9.05 Å². The van der Waals surface area contributed by atoms with Crippen LogP contribution in [0.1, 0.15) is 5.69 Å². The maximum atomic E-state index is 12.7. The molecule has 1 aliphatic rings. The van der Waals surface area contributed by atoms with Gasteiger partial charge in [0.1, 0.15) is 16.7 Å². The summed E-state index contributed by atoms with van der Waals surface area (Å²) in [7, 11) is -0.107. The summed E-state index contributed by atoms with van der Waals surface area (Å²) < 4.78 is 25.1. The minimum atomic E-state index is -3.32. The molecule has 94 valence electrons. The molecule has 1 aromatic heterocycles. The highest BCUT2D eigenvalue weighted by Gasteiger charge is 2.41. The van der Waals surface area contributed by atoms with E-state index in [0.29, 0.717) is 16.7 Å². The van der Waals surface area contributed by atoms with E-state index in [9.17, 15) is 4.57 Å². The van der Waals surface area contributed by atoms with E-state index < -0.39 is 7.60 Å². The summed E-state index contributed by atoms with van der Waals surface area (Å²) in [5, 5.41) is 4.98. The van der Waals surface area contributed by atoms with Crippen molar-refractivity contribution in [2.45, 2.75) is 6.92 Å². The summed E-state index contributed by atoms with van der Waals surface area (Å²) >= 11 is 0. The predicted octanol–water partition coefficient (Wildman–Crippen LogP) is 2.25. The Morgan fingerprint density at radius 3 is 2.83 bits per heavy atom. The molecule has 0 N–H and O–H groups in total. The van der Waals surface area contributed by atoms with E-state index in [-0.39, 0.29) is 0 Å². The van der Waals surface area contributed by atoms with Crippen LogP contribution < -0.4 is 9.83 Å². The molecule has 1 unspecified atom stereocenters. The number of aryl methyl sites for hydroxylation is 1. The number of hydrogen-bond donors (Lipinski definition) is 0. The molecule has 18 heavy (non-hydrogen) atoms. The molecule has 3 rings (SSSR count). The molecule has 0 fully saturated rings. The minimum Gasteiger partial charge on any atom is -0.420 e. The van der Waals surface area contributed by atoms with Crippen molar-refractivity contribution in [2.75, 3.05) is 7.11 Å². The third-order valence-electron chi connectivity index (χ3n) is 3.18. The zero-order valence-electron chi connectivity index (χ0n) is 10.4. The number of benzene rings is 1. The Labute approximate surface area is 105 Å². The predicted molar refractivity (Wildman–Crippen MR) is 68.3 cm³/mol. The molecule has 5 nitrogen and oxygen atoms in total. The van der Waals surface area contributed by atoms with Gasteiger partial charge < -0.3 is 4.52 Å². The van der Waals surface area contributed by atoms with E-state index >= 15 is 0 Å². The van der Waals surface area contributed by atoms with Crippen LogP contribution >= 0.6 is 7.60 Å². The zero-order valence-corrected chi connectivity index (χ0v) is 11.3. The van der Waals surface area contributed by atoms with Gasteiger partial charge in [-0.05, 0) is 19.1 Å². The average molecular weight is 264 g/mol. The van der Waals surface area contributed by atoms with Crippen LogP contribution in [-0.4, -0.2) is 16.9 Å². The van der Waals surface area contributed by atoms with Crippen molar-refractivity contribution >= 4 is 12.9 Å². The quantitative estimate of drug-likeness (QED) is 0.741. The molecule has 0 bridgehead atoms. The lowest BCUT2D eigenvalue weighted by molar-refractivity contribution is 0.333. The van der Waals surface area contributed by atoms with Crippen LogP contribution in [0.15, 0.2) is 24.3 Å². The standard InChI is InChI=1S/C12H13N2O3P/c1-8-12-11(13-14(8)2)9-6-4-5-7-10(9)17-18(12,15)16-3/h4-7H,1-3H3. The normalized spacial score (nSPS) is 21.1. The first-order valence-corrected chi connectivity index (χ1v) is 7.10. The van der Waals surface area contributed by atoms with Gasteiger partial charge in [0, 0.05) is 19.7 Å². The van der Waals surface area contributed by atoms with Crippen LogP contribution in [0, 0.1) is 6.92 Å². The van der Waals surface area contributed by atoms with Crippen LogP contribution in [0.25, 0.3) is 11.3 Å². The highest BCUT2D eigenvalue weighted by molar-refractivity contribution is 7.63. The molecule has 0 radical (unpaired) electrons. The molecule has 1 aliphatic heterocycles. The summed E-state index contributed by atoms with van der Waals surface area (Å²) in [5.74, 6) is 0.549. The number of para-hydroxylation sites is 1. The van der Waals surface area contributed by atoms with E-state index in [0.717, 1.165) is 11.3 Å². The minimum absolute atomic E-state index is 0.549. The Morgan fingerprint density at radius 1 is 1.39 bits per heavy atom. The molecule has 0 saturated carbocycles. The van der Waals surface area contributed by atoms with Crippen molar-refractivity contribution < 1.29 is 13.6 Å². The molecule has 2 aromatic rings. The fourth-order valence-corrected chi connectivity index (χ4v) is 3.88. The number of nitrogens with zero attached hydrogens (tertiary/aromatic N) is 2. The zero-order chi connectivity index (χ0) is 12.9. The fourth-order valence-electron chi connectivity index (χ4n) is 2.15. The van der Waals surface area contributed by atoms with E-state index in [1.54, 1.807) is 10.7 Å². The summed E-state index contributed by atoms with van der Waals surface area (Å²) in [4.78, 5) is 0. The molecule has 0 amide bonds. The molecule has 0 saturated heterocycles. The fraction of sp³-hybridized carbons (Fsp3) is 0.250. The van der Waals surface area contributed by atoms with Crippen LogP contribution in [-0.2, 0) is 16.1 Å². The van der Waals surface area contributed by atoms with Crippen LogP contribution in [0.3, 0.4) is 0 Å². The molecule has 1 atom stereocenters. The lowest BCUT2D eigenvalue weighted by atomic mass is 10.1. The second-order valence-electron chi connectivity index (χ2n) is 4.17. The molecule has 0 spiro atoms. The van der Waals surface area contributed by atoms with Crippen molar-refractivity contribution in [1.29, 1.82) is 0 Å². The molecule has 6 heteroatoms. The molecular formula is C12H13N2O3P. The highest BCUT2D eigenvalue weighted by Crippen LogP contribution is 2.55. The summed E-state index contributed by atoms with van der Waals surface area (Å²) in [6, 6.07) is 7.41. The van der Waals surface area contributed by atoms with Crippen molar-refractivity contribution in [3.8, 4) is 17.0 Å². The Kier molecular flexibility index (Phi) is 2.37. The summed E-state index contributed by atoms with van der Waals surface area (Å²) in [5.41, 5.74) is 2.33. The van der Waals surface area contributed by atoms with Gasteiger partial charge in [-0.2, -0.15) is 5.10 Å². The maximum absolute atomic E-state index is 12.7. The number of fused-ring (bicyclic) bond motifs is 3. The van der Waals surface area contributed by atoms with Gasteiger partial charge in [-0.15, -0.1) is 0 Å². The Morgan fingerprint density at radius 2 is 2.11 bits per heavy atom. The lowest BCUT2D eigenvalue weighted by Crippen LogP contribution is -2.19. The Hall–Kier alpha value is -1.58. The van der Waals surface area contributed by atoms with Gasteiger partial charge in [0.15, 0.2) is 0 Å². The first kappa shape index (κ1) is 11.5. The third kappa shape index (κ3) is 1.38. The number of hydrogen-bond acceptors (Lipinski definition) is 4. The van der Waals surface area contributed by atoms with Gasteiger partial charge in [-0.1, -0.05) is 12.1 Å². The molecular weight excluding hydrogens is 251 g/mol. The maximum Gasteiger partial charge on any atom is 0.414 e. The first-order chi connectivity index (χ1) is 8.57. The lowest BCUT2D eigenvalue weighted by Gasteiger charge is -2.24. The Bertz CT molecular complexity index is 678. The van der Waals surface area contributed by atoms with Gasteiger partial charge in [0.25, 0.3) is 0 Å². The monoisotopic (exact) mass is 264 g/mol.